The van der Waals surface area contributed by atoms with E-state index in [-0.39, 0.29) is 43.8 Å². The predicted octanol–water partition coefficient (Wildman–Crippen LogP) is 1.93. The van der Waals surface area contributed by atoms with Gasteiger partial charge < -0.3 is 15.3 Å². The van der Waals surface area contributed by atoms with Crippen LogP contribution in [0.1, 0.15) is 31.1 Å². The zero-order valence-corrected chi connectivity index (χ0v) is 11.5. The Morgan fingerprint density at radius 2 is 1.35 bits per heavy atom. The first-order valence-corrected chi connectivity index (χ1v) is 5.18. The molecule has 7 heteroatoms. The second-order valence-electron chi connectivity index (χ2n) is 3.88. The molecule has 0 amide bonds. The maximum absolute atomic E-state index is 11.1. The molecule has 0 saturated carbocycles. The van der Waals surface area contributed by atoms with Crippen LogP contribution in [0.5, 0.6) is 0 Å². The number of rotatable bonds is 3. The van der Waals surface area contributed by atoms with Crippen LogP contribution in [-0.4, -0.2) is 33.2 Å². The van der Waals surface area contributed by atoms with Crippen LogP contribution in [0.2, 0.25) is 0 Å². The van der Waals surface area contributed by atoms with Gasteiger partial charge in [-0.2, -0.15) is 0 Å². The second kappa shape index (κ2) is 5.86. The van der Waals surface area contributed by atoms with Crippen LogP contribution in [0.4, 0.5) is 0 Å². The summed E-state index contributed by atoms with van der Waals surface area (Å²) in [5.41, 5.74) is -0.455. The molecular weight excluding hydrogens is 300 g/mol. The van der Waals surface area contributed by atoms with E-state index in [9.17, 15) is 14.4 Å². The van der Waals surface area contributed by atoms with E-state index in [2.05, 4.69) is 0 Å². The summed E-state index contributed by atoms with van der Waals surface area (Å²) in [6.07, 6.45) is 0. The molecule has 0 atom stereocenters. The fourth-order valence-electron chi connectivity index (χ4n) is 1.79. The van der Waals surface area contributed by atoms with Crippen molar-refractivity contribution in [2.45, 2.75) is 0 Å². The fourth-order valence-corrected chi connectivity index (χ4v) is 1.79. The van der Waals surface area contributed by atoms with Gasteiger partial charge in [0.25, 0.3) is 0 Å². The summed E-state index contributed by atoms with van der Waals surface area (Å²) < 4.78 is 0. The minimum Gasteiger partial charge on any atom is -0.478 e. The summed E-state index contributed by atoms with van der Waals surface area (Å²) in [6.45, 7) is 0. The molecule has 0 aliphatic heterocycles. The average Bonchev–Trinajstić information content (AvgIpc) is 2.36. The van der Waals surface area contributed by atoms with Gasteiger partial charge in [0.15, 0.2) is 0 Å². The molecule has 0 bridgehead atoms. The summed E-state index contributed by atoms with van der Waals surface area (Å²) >= 11 is 0. The van der Waals surface area contributed by atoms with Gasteiger partial charge in [0.2, 0.25) is 0 Å². The van der Waals surface area contributed by atoms with Crippen molar-refractivity contribution in [1.29, 1.82) is 0 Å². The van der Waals surface area contributed by atoms with Crippen molar-refractivity contribution < 1.29 is 51.4 Å². The molecule has 3 N–H and O–H groups in total. The minimum absolute atomic E-state index is 0. The summed E-state index contributed by atoms with van der Waals surface area (Å²) in [5, 5.41) is 27.4. The Balaban J connectivity index is 0.00000200. The van der Waals surface area contributed by atoms with Crippen LogP contribution in [-0.2, 0) is 21.7 Å². The molecule has 0 aliphatic carbocycles. The number of carboxylic acids is 3. The Kier molecular flexibility index (Phi) is 4.65. The van der Waals surface area contributed by atoms with E-state index in [0.717, 1.165) is 6.07 Å². The van der Waals surface area contributed by atoms with Crippen molar-refractivity contribution in [2.75, 3.05) is 0 Å². The summed E-state index contributed by atoms with van der Waals surface area (Å²) in [4.78, 5) is 32.9. The molecule has 20 heavy (non-hydrogen) atoms. The predicted molar refractivity (Wildman–Crippen MR) is 64.8 cm³/mol. The zero-order valence-electron chi connectivity index (χ0n) is 9.95. The number of hydrogen-bond acceptors (Lipinski definition) is 3. The molecule has 6 nitrogen and oxygen atoms in total. The van der Waals surface area contributed by atoms with Gasteiger partial charge in [0.1, 0.15) is 0 Å². The zero-order chi connectivity index (χ0) is 14.2. The van der Waals surface area contributed by atoms with E-state index in [4.69, 9.17) is 15.3 Å². The van der Waals surface area contributed by atoms with E-state index in [1.165, 1.54) is 24.3 Å². The molecule has 0 unspecified atom stereocenters. The summed E-state index contributed by atoms with van der Waals surface area (Å²) in [5.74, 6) is -3.73. The van der Waals surface area contributed by atoms with Gasteiger partial charge in [0.05, 0.1) is 16.7 Å². The molecule has 0 saturated heterocycles. The molecular formula is C13H8O6Ti. The first-order chi connectivity index (χ1) is 8.90. The average molecular weight is 308 g/mol. The van der Waals surface area contributed by atoms with Crippen molar-refractivity contribution in [1.82, 2.24) is 0 Å². The molecule has 0 aromatic heterocycles. The van der Waals surface area contributed by atoms with Crippen LogP contribution in [0.3, 0.4) is 0 Å². The van der Waals surface area contributed by atoms with Crippen molar-refractivity contribution >= 4 is 28.7 Å². The maximum atomic E-state index is 11.1. The second-order valence-corrected chi connectivity index (χ2v) is 3.88. The Bertz CT molecular complexity index is 722. The van der Waals surface area contributed by atoms with Gasteiger partial charge in [-0.3, -0.25) is 0 Å². The Morgan fingerprint density at radius 3 is 1.85 bits per heavy atom. The van der Waals surface area contributed by atoms with Crippen molar-refractivity contribution in [3.05, 3.63) is 47.0 Å². The molecule has 0 spiro atoms. The quantitative estimate of drug-likeness (QED) is 0.747. The van der Waals surface area contributed by atoms with E-state index in [1.807, 2.05) is 0 Å². The number of carbonyl (C=O) groups is 3. The van der Waals surface area contributed by atoms with E-state index in [1.54, 1.807) is 0 Å². The monoisotopic (exact) mass is 308 g/mol. The van der Waals surface area contributed by atoms with Gasteiger partial charge in [-0.05, 0) is 35.0 Å². The molecule has 2 aromatic rings. The molecule has 0 heterocycles. The first kappa shape index (κ1) is 15.9. The number of hydrogen-bond donors (Lipinski definition) is 3. The van der Waals surface area contributed by atoms with Crippen LogP contribution in [0.25, 0.3) is 10.8 Å². The molecule has 2 rings (SSSR count). The summed E-state index contributed by atoms with van der Waals surface area (Å²) in [6, 6.07) is 6.21. The smallest absolute Gasteiger partial charge is 0.336 e. The van der Waals surface area contributed by atoms with Crippen molar-refractivity contribution in [2.24, 2.45) is 0 Å². The SMILES string of the molecule is O=C(O)c1cc(C(=O)O)c2cc(C(=O)O)ccc2c1.[Ti]. The molecule has 2 aromatic carbocycles. The third kappa shape index (κ3) is 2.87. The Hall–Kier alpha value is -2.18. The Labute approximate surface area is 127 Å². The van der Waals surface area contributed by atoms with Crippen molar-refractivity contribution in [3.8, 4) is 0 Å². The van der Waals surface area contributed by atoms with Gasteiger partial charge in [-0.15, -0.1) is 0 Å². The van der Waals surface area contributed by atoms with Crippen LogP contribution in [0.15, 0.2) is 30.3 Å². The van der Waals surface area contributed by atoms with E-state index >= 15 is 0 Å². The van der Waals surface area contributed by atoms with Crippen molar-refractivity contribution in [3.63, 3.8) is 0 Å². The van der Waals surface area contributed by atoms with Crippen LogP contribution in [0, 0.1) is 0 Å². The van der Waals surface area contributed by atoms with Crippen LogP contribution < -0.4 is 0 Å². The molecule has 0 radical (unpaired) electrons. The molecule has 100 valence electrons. The Morgan fingerprint density at radius 1 is 0.750 bits per heavy atom. The maximum Gasteiger partial charge on any atom is 0.336 e. The standard InChI is InChI=1S/C13H8O6.Ti/c14-11(15)7-2-1-6-3-8(12(16)17)5-10(13(18)19)9(6)4-7;/h1-5H,(H,14,15)(H,16,17)(H,18,19);. The normalized spacial score (nSPS) is 9.80. The van der Waals surface area contributed by atoms with Gasteiger partial charge in [-0.1, -0.05) is 6.07 Å². The largest absolute Gasteiger partial charge is 0.478 e. The van der Waals surface area contributed by atoms with E-state index in [0.29, 0.717) is 5.39 Å². The van der Waals surface area contributed by atoms with E-state index < -0.39 is 17.9 Å². The number of fused-ring (bicyclic) bond motifs is 1. The number of carboxylic acid groups (broad SMARTS) is 3. The van der Waals surface area contributed by atoms with Gasteiger partial charge in [0, 0.05) is 21.7 Å². The minimum atomic E-state index is -1.31. The first-order valence-electron chi connectivity index (χ1n) is 5.18. The fraction of sp³-hybridized carbons (Fsp3) is 0. The third-order valence-electron chi connectivity index (χ3n) is 2.68. The summed E-state index contributed by atoms with van der Waals surface area (Å²) in [7, 11) is 0. The number of benzene rings is 2. The number of aromatic carboxylic acids is 3. The third-order valence-corrected chi connectivity index (χ3v) is 2.68. The van der Waals surface area contributed by atoms with Gasteiger partial charge in [-0.25, -0.2) is 14.4 Å². The molecule has 0 fully saturated rings. The van der Waals surface area contributed by atoms with Crippen LogP contribution >= 0.6 is 0 Å². The van der Waals surface area contributed by atoms with Gasteiger partial charge >= 0.3 is 17.9 Å². The topological polar surface area (TPSA) is 112 Å². The molecule has 0 aliphatic rings.